The fourth-order valence-corrected chi connectivity index (χ4v) is 5.40. The first kappa shape index (κ1) is 28.7. The van der Waals surface area contributed by atoms with E-state index in [-0.39, 0.29) is 22.0 Å². The van der Waals surface area contributed by atoms with Gasteiger partial charge < -0.3 is 20.7 Å². The van der Waals surface area contributed by atoms with Gasteiger partial charge in [-0.15, -0.1) is 11.3 Å². The molecule has 1 atom stereocenters. The zero-order chi connectivity index (χ0) is 28.2. The lowest BCUT2D eigenvalue weighted by molar-refractivity contribution is 0.0527. The first-order valence-electron chi connectivity index (χ1n) is 11.9. The van der Waals surface area contributed by atoms with E-state index >= 15 is 0 Å². The normalized spacial score (nSPS) is 12.0. The maximum Gasteiger partial charge on any atom is 0.341 e. The molecule has 0 aliphatic carbocycles. The molecule has 3 aromatic carbocycles. The number of carbonyl (C=O) groups is 3. The third-order valence-corrected chi connectivity index (χ3v) is 7.65. The van der Waals surface area contributed by atoms with Gasteiger partial charge in [-0.1, -0.05) is 89.4 Å². The second-order valence-electron chi connectivity index (χ2n) is 8.42. The number of nitrogens with one attached hydrogen (secondary N) is 3. The maximum absolute atomic E-state index is 13.3. The molecule has 0 saturated carbocycles. The van der Waals surface area contributed by atoms with E-state index < -0.39 is 27.7 Å². The lowest BCUT2D eigenvalue weighted by atomic mass is 10.0. The highest BCUT2D eigenvalue weighted by Gasteiger charge is 2.37. The van der Waals surface area contributed by atoms with Crippen molar-refractivity contribution in [1.29, 1.82) is 0 Å². The van der Waals surface area contributed by atoms with E-state index in [0.29, 0.717) is 16.8 Å². The fourth-order valence-electron chi connectivity index (χ4n) is 3.95. The first-order chi connectivity index (χ1) is 18.6. The number of alkyl halides is 3. The van der Waals surface area contributed by atoms with Crippen molar-refractivity contribution in [3.05, 3.63) is 94.4 Å². The van der Waals surface area contributed by atoms with Gasteiger partial charge in [0.1, 0.15) is 11.2 Å². The highest BCUT2D eigenvalue weighted by molar-refractivity contribution is 7.18. The number of anilines is 2. The van der Waals surface area contributed by atoms with Crippen LogP contribution in [-0.4, -0.2) is 34.3 Å². The minimum Gasteiger partial charge on any atom is -0.462 e. The number of benzene rings is 3. The van der Waals surface area contributed by atoms with Crippen LogP contribution in [0, 0.1) is 6.92 Å². The third kappa shape index (κ3) is 6.65. The Labute approximate surface area is 244 Å². The molecule has 0 saturated heterocycles. The van der Waals surface area contributed by atoms with Crippen LogP contribution in [0.1, 0.15) is 42.9 Å². The molecule has 202 valence electrons. The highest BCUT2D eigenvalue weighted by Crippen LogP contribution is 2.38. The van der Waals surface area contributed by atoms with Crippen LogP contribution in [0.25, 0.3) is 10.8 Å². The Balaban J connectivity index is 1.68. The van der Waals surface area contributed by atoms with Crippen LogP contribution < -0.4 is 16.0 Å². The molecule has 39 heavy (non-hydrogen) atoms. The summed E-state index contributed by atoms with van der Waals surface area (Å²) in [6.45, 7) is 3.42. The lowest BCUT2D eigenvalue weighted by Gasteiger charge is -2.27. The highest BCUT2D eigenvalue weighted by atomic mass is 35.6. The molecule has 0 spiro atoms. The maximum atomic E-state index is 13.3. The molecule has 1 unspecified atom stereocenters. The van der Waals surface area contributed by atoms with E-state index in [9.17, 15) is 14.4 Å². The summed E-state index contributed by atoms with van der Waals surface area (Å²) in [4.78, 5) is 39.6. The van der Waals surface area contributed by atoms with Crippen molar-refractivity contribution >= 4 is 85.4 Å². The summed E-state index contributed by atoms with van der Waals surface area (Å²) in [7, 11) is 0. The van der Waals surface area contributed by atoms with Crippen molar-refractivity contribution in [2.24, 2.45) is 0 Å². The summed E-state index contributed by atoms with van der Waals surface area (Å²) in [5.74, 6) is -1.58. The number of ether oxygens (including phenoxy) is 1. The Kier molecular flexibility index (Phi) is 9.02. The van der Waals surface area contributed by atoms with Gasteiger partial charge in [0.25, 0.3) is 11.8 Å². The molecule has 0 radical (unpaired) electrons. The summed E-state index contributed by atoms with van der Waals surface area (Å²) in [6, 6.07) is 21.6. The largest absolute Gasteiger partial charge is 0.462 e. The van der Waals surface area contributed by atoms with Crippen molar-refractivity contribution in [2.45, 2.75) is 23.8 Å². The molecule has 1 aromatic heterocycles. The molecule has 7 nitrogen and oxygen atoms in total. The number of carbonyl (C=O) groups excluding carboxylic acids is 3. The SMILES string of the molecule is CCOC(=O)c1c(NC(NC(=O)c2cccc3ccccc23)C(Cl)(Cl)Cl)sc(C(=O)Nc2ccccc2)c1C. The number of amides is 2. The minimum atomic E-state index is -2.03. The van der Waals surface area contributed by atoms with Gasteiger partial charge >= 0.3 is 5.97 Å². The molecule has 2 amide bonds. The topological polar surface area (TPSA) is 96.5 Å². The van der Waals surface area contributed by atoms with Gasteiger partial charge in [0.05, 0.1) is 17.0 Å². The Morgan fingerprint density at radius 2 is 1.59 bits per heavy atom. The Bertz CT molecular complexity index is 1510. The third-order valence-electron chi connectivity index (χ3n) is 5.78. The van der Waals surface area contributed by atoms with Gasteiger partial charge in [0.2, 0.25) is 3.79 Å². The van der Waals surface area contributed by atoms with Crippen LogP contribution in [0.2, 0.25) is 0 Å². The second-order valence-corrected chi connectivity index (χ2v) is 11.8. The Hall–Kier alpha value is -3.30. The summed E-state index contributed by atoms with van der Waals surface area (Å²) in [6.07, 6.45) is -1.27. The van der Waals surface area contributed by atoms with Crippen LogP contribution in [0.4, 0.5) is 10.7 Å². The first-order valence-corrected chi connectivity index (χ1v) is 13.8. The molecule has 0 bridgehead atoms. The van der Waals surface area contributed by atoms with Crippen molar-refractivity contribution in [1.82, 2.24) is 5.32 Å². The zero-order valence-corrected chi connectivity index (χ0v) is 24.0. The Morgan fingerprint density at radius 3 is 2.28 bits per heavy atom. The number of halogens is 3. The molecule has 1 heterocycles. The molecule has 11 heteroatoms. The van der Waals surface area contributed by atoms with Crippen LogP contribution in [0.5, 0.6) is 0 Å². The van der Waals surface area contributed by atoms with Crippen LogP contribution in [0.15, 0.2) is 72.8 Å². The monoisotopic (exact) mass is 603 g/mol. The molecule has 4 rings (SSSR count). The van der Waals surface area contributed by atoms with E-state index in [0.717, 1.165) is 22.1 Å². The van der Waals surface area contributed by atoms with Gasteiger partial charge in [-0.25, -0.2) is 4.79 Å². The second kappa shape index (κ2) is 12.3. The molecule has 0 aliphatic rings. The number of para-hydroxylation sites is 1. The van der Waals surface area contributed by atoms with Gasteiger partial charge in [0, 0.05) is 11.3 Å². The molecule has 0 fully saturated rings. The predicted octanol–water partition coefficient (Wildman–Crippen LogP) is 7.18. The zero-order valence-electron chi connectivity index (χ0n) is 20.9. The summed E-state index contributed by atoms with van der Waals surface area (Å²) in [5.41, 5.74) is 1.46. The van der Waals surface area contributed by atoms with E-state index in [4.69, 9.17) is 39.5 Å². The van der Waals surface area contributed by atoms with Gasteiger partial charge in [-0.05, 0) is 48.4 Å². The average molecular weight is 605 g/mol. The van der Waals surface area contributed by atoms with E-state index in [1.54, 1.807) is 50.2 Å². The quantitative estimate of drug-likeness (QED) is 0.113. The van der Waals surface area contributed by atoms with E-state index in [2.05, 4.69) is 16.0 Å². The smallest absolute Gasteiger partial charge is 0.341 e. The minimum absolute atomic E-state index is 0.110. The Morgan fingerprint density at radius 1 is 0.923 bits per heavy atom. The van der Waals surface area contributed by atoms with Crippen molar-refractivity contribution in [3.63, 3.8) is 0 Å². The number of thiophene rings is 1. The van der Waals surface area contributed by atoms with E-state index in [1.165, 1.54) is 0 Å². The summed E-state index contributed by atoms with van der Waals surface area (Å²) >= 11 is 19.8. The summed E-state index contributed by atoms with van der Waals surface area (Å²) < 4.78 is 3.21. The number of hydrogen-bond acceptors (Lipinski definition) is 6. The molecule has 4 aromatic rings. The average Bonchev–Trinajstić information content (AvgIpc) is 3.23. The predicted molar refractivity (Wildman–Crippen MR) is 159 cm³/mol. The van der Waals surface area contributed by atoms with Crippen molar-refractivity contribution in [3.8, 4) is 0 Å². The van der Waals surface area contributed by atoms with Crippen molar-refractivity contribution in [2.75, 3.05) is 17.2 Å². The number of rotatable bonds is 8. The molecule has 0 aliphatic heterocycles. The standard InChI is InChI=1S/C28H24Cl3N3O4S/c1-3-38-26(37)21-16(2)22(24(36)32-18-12-5-4-6-13-18)39-25(21)34-27(28(29,30)31)33-23(35)20-15-9-11-17-10-7-8-14-19(17)20/h4-15,27,34H,3H2,1-2H3,(H,32,36)(H,33,35). The number of hydrogen-bond donors (Lipinski definition) is 3. The fraction of sp³-hybridized carbons (Fsp3) is 0.179. The van der Waals surface area contributed by atoms with Gasteiger partial charge in [-0.3, -0.25) is 9.59 Å². The van der Waals surface area contributed by atoms with Crippen molar-refractivity contribution < 1.29 is 19.1 Å². The van der Waals surface area contributed by atoms with Crippen LogP contribution in [-0.2, 0) is 4.74 Å². The van der Waals surface area contributed by atoms with Crippen LogP contribution in [0.3, 0.4) is 0 Å². The van der Waals surface area contributed by atoms with Gasteiger partial charge in [0.15, 0.2) is 0 Å². The molecule has 3 N–H and O–H groups in total. The number of esters is 1. The van der Waals surface area contributed by atoms with Crippen LogP contribution >= 0.6 is 46.1 Å². The lowest BCUT2D eigenvalue weighted by Crippen LogP contribution is -2.49. The molecular formula is C28H24Cl3N3O4S. The molecular weight excluding hydrogens is 581 g/mol. The summed E-state index contributed by atoms with van der Waals surface area (Å²) in [5, 5.41) is 10.3. The van der Waals surface area contributed by atoms with E-state index in [1.807, 2.05) is 36.4 Å². The number of fused-ring (bicyclic) bond motifs is 1. The van der Waals surface area contributed by atoms with Gasteiger partial charge in [-0.2, -0.15) is 0 Å².